The number of rotatable bonds is 4. The van der Waals surface area contributed by atoms with Gasteiger partial charge in [-0.15, -0.1) is 24.0 Å². The van der Waals surface area contributed by atoms with Crippen molar-refractivity contribution in [3.63, 3.8) is 0 Å². The van der Waals surface area contributed by atoms with Crippen molar-refractivity contribution in [1.29, 1.82) is 0 Å². The monoisotopic (exact) mass is 444 g/mol. The van der Waals surface area contributed by atoms with Gasteiger partial charge in [0, 0.05) is 51.7 Å². The first-order valence-electron chi connectivity index (χ1n) is 8.48. The van der Waals surface area contributed by atoms with E-state index in [4.69, 9.17) is 4.74 Å². The third-order valence-electron chi connectivity index (χ3n) is 4.71. The lowest BCUT2D eigenvalue weighted by molar-refractivity contribution is -0.0973. The molecule has 0 aliphatic carbocycles. The van der Waals surface area contributed by atoms with E-state index in [0.717, 1.165) is 58.4 Å². The lowest BCUT2D eigenvalue weighted by atomic mass is 9.89. The van der Waals surface area contributed by atoms with Crippen LogP contribution in [-0.2, 0) is 11.3 Å². The smallest absolute Gasteiger partial charge is 0.193 e. The first-order valence-corrected chi connectivity index (χ1v) is 8.48. The number of piperazine rings is 1. The van der Waals surface area contributed by atoms with Crippen molar-refractivity contribution in [2.75, 3.05) is 53.0 Å². The normalized spacial score (nSPS) is 20.9. The van der Waals surface area contributed by atoms with Crippen LogP contribution in [0.25, 0.3) is 0 Å². The Labute approximate surface area is 162 Å². The standard InChI is InChI=1S/C18H28N4O.HI/c1-18(14-23-15-18)13-20-17(19-2)22-10-8-21(9-11-22)12-16-6-4-3-5-7-16;/h3-7H,8-15H2,1-2H3,(H,19,20);1H. The van der Waals surface area contributed by atoms with Gasteiger partial charge in [-0.05, 0) is 5.56 Å². The topological polar surface area (TPSA) is 40.1 Å². The number of hydrogen-bond acceptors (Lipinski definition) is 3. The molecule has 0 bridgehead atoms. The summed E-state index contributed by atoms with van der Waals surface area (Å²) in [5.74, 6) is 1.03. The van der Waals surface area contributed by atoms with Crippen LogP contribution in [0.5, 0.6) is 0 Å². The third kappa shape index (κ3) is 5.07. The van der Waals surface area contributed by atoms with Gasteiger partial charge in [-0.25, -0.2) is 0 Å². The van der Waals surface area contributed by atoms with Crippen LogP contribution >= 0.6 is 24.0 Å². The largest absolute Gasteiger partial charge is 0.380 e. The molecule has 1 N–H and O–H groups in total. The molecule has 2 fully saturated rings. The van der Waals surface area contributed by atoms with Crippen molar-refractivity contribution in [3.05, 3.63) is 35.9 Å². The molecule has 0 radical (unpaired) electrons. The molecule has 24 heavy (non-hydrogen) atoms. The van der Waals surface area contributed by atoms with Crippen LogP contribution in [0, 0.1) is 5.41 Å². The lowest BCUT2D eigenvalue weighted by Gasteiger charge is -2.41. The van der Waals surface area contributed by atoms with Gasteiger partial charge in [-0.2, -0.15) is 0 Å². The summed E-state index contributed by atoms with van der Waals surface area (Å²) >= 11 is 0. The quantitative estimate of drug-likeness (QED) is 0.439. The predicted octanol–water partition coefficient (Wildman–Crippen LogP) is 2.03. The maximum atomic E-state index is 5.32. The van der Waals surface area contributed by atoms with Crippen LogP contribution in [0.2, 0.25) is 0 Å². The van der Waals surface area contributed by atoms with Crippen molar-refractivity contribution in [1.82, 2.24) is 15.1 Å². The van der Waals surface area contributed by atoms with E-state index in [0.29, 0.717) is 0 Å². The van der Waals surface area contributed by atoms with Crippen LogP contribution < -0.4 is 5.32 Å². The second kappa shape index (κ2) is 9.01. The Morgan fingerprint density at radius 1 is 1.17 bits per heavy atom. The fourth-order valence-electron chi connectivity index (χ4n) is 3.14. The number of nitrogens with one attached hydrogen (secondary N) is 1. The molecule has 2 saturated heterocycles. The van der Waals surface area contributed by atoms with E-state index >= 15 is 0 Å². The molecule has 0 atom stereocenters. The molecule has 0 spiro atoms. The van der Waals surface area contributed by atoms with E-state index in [-0.39, 0.29) is 29.4 Å². The molecule has 1 aromatic carbocycles. The molecule has 6 heteroatoms. The summed E-state index contributed by atoms with van der Waals surface area (Å²) in [6, 6.07) is 10.7. The van der Waals surface area contributed by atoms with Gasteiger partial charge in [0.05, 0.1) is 13.2 Å². The summed E-state index contributed by atoms with van der Waals surface area (Å²) in [6.07, 6.45) is 0. The van der Waals surface area contributed by atoms with Crippen molar-refractivity contribution < 1.29 is 4.74 Å². The van der Waals surface area contributed by atoms with Gasteiger partial charge in [0.25, 0.3) is 0 Å². The second-order valence-corrected chi connectivity index (χ2v) is 6.95. The van der Waals surface area contributed by atoms with E-state index in [1.807, 2.05) is 7.05 Å². The van der Waals surface area contributed by atoms with Gasteiger partial charge >= 0.3 is 0 Å². The number of nitrogens with zero attached hydrogens (tertiary/aromatic N) is 3. The summed E-state index contributed by atoms with van der Waals surface area (Å²) in [7, 11) is 1.87. The summed E-state index contributed by atoms with van der Waals surface area (Å²) in [4.78, 5) is 9.33. The highest BCUT2D eigenvalue weighted by molar-refractivity contribution is 14.0. The van der Waals surface area contributed by atoms with E-state index < -0.39 is 0 Å². The third-order valence-corrected chi connectivity index (χ3v) is 4.71. The fraction of sp³-hybridized carbons (Fsp3) is 0.611. The number of hydrogen-bond donors (Lipinski definition) is 1. The molecule has 0 aromatic heterocycles. The van der Waals surface area contributed by atoms with E-state index in [9.17, 15) is 0 Å². The van der Waals surface area contributed by atoms with Gasteiger partial charge in [0.15, 0.2) is 5.96 Å². The van der Waals surface area contributed by atoms with Crippen LogP contribution in [0.3, 0.4) is 0 Å². The second-order valence-electron chi connectivity index (χ2n) is 6.95. The molecule has 1 aromatic rings. The molecule has 0 amide bonds. The number of halogens is 1. The summed E-state index contributed by atoms with van der Waals surface area (Å²) < 4.78 is 5.32. The van der Waals surface area contributed by atoms with Gasteiger partial charge in [-0.3, -0.25) is 9.89 Å². The molecule has 5 nitrogen and oxygen atoms in total. The molecule has 134 valence electrons. The Bertz CT molecular complexity index is 525. The molecule has 2 aliphatic heterocycles. The summed E-state index contributed by atoms with van der Waals surface area (Å²) in [5, 5.41) is 3.52. The number of aliphatic imine (C=N–C) groups is 1. The van der Waals surface area contributed by atoms with Crippen molar-refractivity contribution in [3.8, 4) is 0 Å². The minimum absolute atomic E-state index is 0. The molecular formula is C18H29IN4O. The highest BCUT2D eigenvalue weighted by atomic mass is 127. The molecule has 2 aliphatic rings. The minimum Gasteiger partial charge on any atom is -0.380 e. The van der Waals surface area contributed by atoms with Crippen LogP contribution in [0.4, 0.5) is 0 Å². The minimum atomic E-state index is 0. The number of guanidine groups is 1. The molecule has 0 unspecified atom stereocenters. The Morgan fingerprint density at radius 2 is 1.83 bits per heavy atom. The van der Waals surface area contributed by atoms with E-state index in [2.05, 4.69) is 57.4 Å². The van der Waals surface area contributed by atoms with Crippen LogP contribution in [-0.4, -0.2) is 68.7 Å². The predicted molar refractivity (Wildman–Crippen MR) is 109 cm³/mol. The lowest BCUT2D eigenvalue weighted by Crippen LogP contribution is -2.55. The zero-order valence-electron chi connectivity index (χ0n) is 14.7. The molecule has 3 rings (SSSR count). The highest BCUT2D eigenvalue weighted by Crippen LogP contribution is 2.25. The van der Waals surface area contributed by atoms with Crippen molar-refractivity contribution in [2.45, 2.75) is 13.5 Å². The summed E-state index contributed by atoms with van der Waals surface area (Å²) in [6.45, 7) is 10.1. The first-order chi connectivity index (χ1) is 11.2. The molecular weight excluding hydrogens is 415 g/mol. The van der Waals surface area contributed by atoms with E-state index in [1.54, 1.807) is 0 Å². The van der Waals surface area contributed by atoms with Gasteiger partial charge in [-0.1, -0.05) is 37.3 Å². The maximum absolute atomic E-state index is 5.32. The number of ether oxygens (including phenoxy) is 1. The zero-order chi connectivity index (χ0) is 16.1. The molecule has 2 heterocycles. The Hall–Kier alpha value is -0.860. The SMILES string of the molecule is CN=C(NCC1(C)COC1)N1CCN(Cc2ccccc2)CC1.I. The van der Waals surface area contributed by atoms with Crippen molar-refractivity contribution in [2.24, 2.45) is 10.4 Å². The number of benzene rings is 1. The first kappa shape index (κ1) is 19.5. The Kier molecular flexibility index (Phi) is 7.31. The Balaban J connectivity index is 0.00000208. The fourth-order valence-corrected chi connectivity index (χ4v) is 3.14. The van der Waals surface area contributed by atoms with Crippen LogP contribution in [0.1, 0.15) is 12.5 Å². The Morgan fingerprint density at radius 3 is 2.38 bits per heavy atom. The maximum Gasteiger partial charge on any atom is 0.193 e. The van der Waals surface area contributed by atoms with E-state index in [1.165, 1.54) is 5.56 Å². The average Bonchev–Trinajstić information content (AvgIpc) is 2.56. The van der Waals surface area contributed by atoms with Gasteiger partial charge in [0.1, 0.15) is 0 Å². The van der Waals surface area contributed by atoms with Crippen LogP contribution in [0.15, 0.2) is 35.3 Å². The van der Waals surface area contributed by atoms with Gasteiger partial charge < -0.3 is 15.0 Å². The van der Waals surface area contributed by atoms with Gasteiger partial charge in [0.2, 0.25) is 0 Å². The zero-order valence-corrected chi connectivity index (χ0v) is 17.0. The highest BCUT2D eigenvalue weighted by Gasteiger charge is 2.33. The summed E-state index contributed by atoms with van der Waals surface area (Å²) in [5.41, 5.74) is 1.66. The van der Waals surface area contributed by atoms with Crippen molar-refractivity contribution >= 4 is 29.9 Å². The average molecular weight is 444 g/mol. The molecule has 0 saturated carbocycles.